The van der Waals surface area contributed by atoms with E-state index in [4.69, 9.17) is 4.52 Å². The van der Waals surface area contributed by atoms with E-state index in [1.54, 1.807) is 12.3 Å². The number of hydrogen-bond donors (Lipinski definition) is 0. The second-order valence-electron chi connectivity index (χ2n) is 2.99. The Hall–Kier alpha value is -1.31. The standard InChI is InChI=1S/C10H13NO/c1-5-9-6-11-12-10(9)8(4)7(2)3/h5-7H,1,4H2,2-3H3. The Bertz CT molecular complexity index is 297. The van der Waals surface area contributed by atoms with Crippen LogP contribution < -0.4 is 0 Å². The van der Waals surface area contributed by atoms with Crippen LogP contribution in [-0.4, -0.2) is 5.16 Å². The molecule has 0 aliphatic rings. The molecule has 64 valence electrons. The maximum Gasteiger partial charge on any atom is 0.169 e. The van der Waals surface area contributed by atoms with Crippen LogP contribution in [0.25, 0.3) is 11.6 Å². The number of rotatable bonds is 3. The van der Waals surface area contributed by atoms with Gasteiger partial charge in [-0.3, -0.25) is 0 Å². The molecule has 0 radical (unpaired) electrons. The van der Waals surface area contributed by atoms with Gasteiger partial charge in [0, 0.05) is 5.56 Å². The topological polar surface area (TPSA) is 26.0 Å². The van der Waals surface area contributed by atoms with Crippen molar-refractivity contribution < 1.29 is 4.52 Å². The first-order chi connectivity index (χ1) is 5.66. The predicted molar refractivity (Wildman–Crippen MR) is 50.5 cm³/mol. The molecule has 2 nitrogen and oxygen atoms in total. The first kappa shape index (κ1) is 8.78. The van der Waals surface area contributed by atoms with E-state index in [-0.39, 0.29) is 0 Å². The summed E-state index contributed by atoms with van der Waals surface area (Å²) in [5.74, 6) is 1.12. The van der Waals surface area contributed by atoms with Crippen molar-refractivity contribution in [3.8, 4) is 0 Å². The van der Waals surface area contributed by atoms with Gasteiger partial charge in [-0.05, 0) is 11.5 Å². The summed E-state index contributed by atoms with van der Waals surface area (Å²) in [4.78, 5) is 0. The van der Waals surface area contributed by atoms with Gasteiger partial charge < -0.3 is 4.52 Å². The van der Waals surface area contributed by atoms with E-state index < -0.39 is 0 Å². The largest absolute Gasteiger partial charge is 0.356 e. The van der Waals surface area contributed by atoms with Gasteiger partial charge in [0.15, 0.2) is 5.76 Å². The number of nitrogens with zero attached hydrogens (tertiary/aromatic N) is 1. The lowest BCUT2D eigenvalue weighted by Gasteiger charge is -2.05. The summed E-state index contributed by atoms with van der Waals surface area (Å²) in [5.41, 5.74) is 1.87. The van der Waals surface area contributed by atoms with Crippen molar-refractivity contribution >= 4 is 11.6 Å². The van der Waals surface area contributed by atoms with Crippen LogP contribution in [0.1, 0.15) is 25.2 Å². The molecule has 0 aromatic carbocycles. The highest BCUT2D eigenvalue weighted by molar-refractivity contribution is 5.68. The molecule has 0 bridgehead atoms. The zero-order chi connectivity index (χ0) is 9.14. The van der Waals surface area contributed by atoms with Crippen molar-refractivity contribution in [2.24, 2.45) is 5.92 Å². The summed E-state index contributed by atoms with van der Waals surface area (Å²) in [6.07, 6.45) is 3.37. The van der Waals surface area contributed by atoms with Crippen molar-refractivity contribution in [1.29, 1.82) is 0 Å². The van der Waals surface area contributed by atoms with Crippen molar-refractivity contribution in [1.82, 2.24) is 5.16 Å². The minimum Gasteiger partial charge on any atom is -0.356 e. The quantitative estimate of drug-likeness (QED) is 0.684. The Kier molecular flexibility index (Phi) is 2.48. The lowest BCUT2D eigenvalue weighted by Crippen LogP contribution is -1.91. The minimum atomic E-state index is 0.372. The third-order valence-corrected chi connectivity index (χ3v) is 1.81. The van der Waals surface area contributed by atoms with Gasteiger partial charge in [0.2, 0.25) is 0 Å². The second kappa shape index (κ2) is 3.39. The summed E-state index contributed by atoms with van der Waals surface area (Å²) < 4.78 is 5.06. The summed E-state index contributed by atoms with van der Waals surface area (Å²) in [7, 11) is 0. The van der Waals surface area contributed by atoms with Gasteiger partial charge in [-0.1, -0.05) is 38.2 Å². The van der Waals surface area contributed by atoms with Gasteiger partial charge >= 0.3 is 0 Å². The van der Waals surface area contributed by atoms with Crippen LogP contribution in [-0.2, 0) is 0 Å². The van der Waals surface area contributed by atoms with Gasteiger partial charge in [0.1, 0.15) is 0 Å². The number of allylic oxidation sites excluding steroid dienone is 1. The molecule has 1 heterocycles. The summed E-state index contributed by atoms with van der Waals surface area (Å²) in [6, 6.07) is 0. The second-order valence-corrected chi connectivity index (χ2v) is 2.99. The van der Waals surface area contributed by atoms with Crippen LogP contribution in [0.3, 0.4) is 0 Å². The van der Waals surface area contributed by atoms with E-state index in [1.165, 1.54) is 0 Å². The molecular formula is C10H13NO. The SMILES string of the molecule is C=Cc1cnoc1C(=C)C(C)C. The third-order valence-electron chi connectivity index (χ3n) is 1.81. The van der Waals surface area contributed by atoms with E-state index in [9.17, 15) is 0 Å². The van der Waals surface area contributed by atoms with Gasteiger partial charge in [-0.15, -0.1) is 0 Å². The lowest BCUT2D eigenvalue weighted by atomic mass is 10.0. The Balaban J connectivity index is 3.01. The zero-order valence-electron chi connectivity index (χ0n) is 7.50. The first-order valence-corrected chi connectivity index (χ1v) is 3.93. The Labute approximate surface area is 72.6 Å². The molecule has 0 fully saturated rings. The molecule has 0 aliphatic heterocycles. The van der Waals surface area contributed by atoms with Crippen LogP contribution in [0.4, 0.5) is 0 Å². The van der Waals surface area contributed by atoms with Gasteiger partial charge in [-0.25, -0.2) is 0 Å². The molecule has 0 unspecified atom stereocenters. The number of hydrogen-bond acceptors (Lipinski definition) is 2. The molecule has 0 atom stereocenters. The summed E-state index contributed by atoms with van der Waals surface area (Å²) in [5, 5.41) is 3.69. The molecule has 0 spiro atoms. The molecule has 0 amide bonds. The maximum atomic E-state index is 5.06. The highest BCUT2D eigenvalue weighted by Gasteiger charge is 2.11. The average molecular weight is 163 g/mol. The first-order valence-electron chi connectivity index (χ1n) is 3.93. The van der Waals surface area contributed by atoms with E-state index in [1.807, 2.05) is 0 Å². The van der Waals surface area contributed by atoms with E-state index in [0.29, 0.717) is 5.92 Å². The van der Waals surface area contributed by atoms with E-state index in [0.717, 1.165) is 16.9 Å². The molecule has 2 heteroatoms. The monoisotopic (exact) mass is 163 g/mol. The molecule has 0 saturated heterocycles. The van der Waals surface area contributed by atoms with Crippen molar-refractivity contribution in [2.45, 2.75) is 13.8 Å². The lowest BCUT2D eigenvalue weighted by molar-refractivity contribution is 0.406. The fourth-order valence-corrected chi connectivity index (χ4v) is 0.899. The summed E-state index contributed by atoms with van der Waals surface area (Å²) in [6.45, 7) is 11.7. The van der Waals surface area contributed by atoms with Crippen LogP contribution in [0.15, 0.2) is 23.9 Å². The predicted octanol–water partition coefficient (Wildman–Crippen LogP) is 2.99. The average Bonchev–Trinajstić information content (AvgIpc) is 2.49. The molecule has 1 aromatic heterocycles. The smallest absolute Gasteiger partial charge is 0.169 e. The van der Waals surface area contributed by atoms with Crippen molar-refractivity contribution in [3.05, 3.63) is 30.7 Å². The van der Waals surface area contributed by atoms with E-state index >= 15 is 0 Å². The highest BCUT2D eigenvalue weighted by Crippen LogP contribution is 2.24. The number of aromatic nitrogens is 1. The van der Waals surface area contributed by atoms with Crippen molar-refractivity contribution in [3.63, 3.8) is 0 Å². The summed E-state index contributed by atoms with van der Waals surface area (Å²) >= 11 is 0. The van der Waals surface area contributed by atoms with Crippen LogP contribution >= 0.6 is 0 Å². The minimum absolute atomic E-state index is 0.372. The Morgan fingerprint density at radius 3 is 2.83 bits per heavy atom. The fourth-order valence-electron chi connectivity index (χ4n) is 0.899. The van der Waals surface area contributed by atoms with Crippen LogP contribution in [0, 0.1) is 5.92 Å². The van der Waals surface area contributed by atoms with Gasteiger partial charge in [-0.2, -0.15) is 0 Å². The van der Waals surface area contributed by atoms with E-state index in [2.05, 4.69) is 32.2 Å². The normalized spacial score (nSPS) is 10.2. The maximum absolute atomic E-state index is 5.06. The van der Waals surface area contributed by atoms with Gasteiger partial charge in [0.05, 0.1) is 6.20 Å². The molecule has 0 N–H and O–H groups in total. The highest BCUT2D eigenvalue weighted by atomic mass is 16.5. The molecule has 1 rings (SSSR count). The molecular weight excluding hydrogens is 150 g/mol. The van der Waals surface area contributed by atoms with Gasteiger partial charge in [0.25, 0.3) is 0 Å². The molecule has 0 saturated carbocycles. The van der Waals surface area contributed by atoms with Crippen LogP contribution in [0.2, 0.25) is 0 Å². The fraction of sp³-hybridized carbons (Fsp3) is 0.300. The molecule has 12 heavy (non-hydrogen) atoms. The molecule has 0 aliphatic carbocycles. The zero-order valence-corrected chi connectivity index (χ0v) is 7.50. The molecule has 1 aromatic rings. The van der Waals surface area contributed by atoms with Crippen molar-refractivity contribution in [2.75, 3.05) is 0 Å². The third kappa shape index (κ3) is 1.47. The Morgan fingerprint density at radius 1 is 1.67 bits per heavy atom. The van der Waals surface area contributed by atoms with Crippen LogP contribution in [0.5, 0.6) is 0 Å². The Morgan fingerprint density at radius 2 is 2.33 bits per heavy atom.